The van der Waals surface area contributed by atoms with Crippen molar-refractivity contribution in [1.82, 2.24) is 0 Å². The fourth-order valence-corrected chi connectivity index (χ4v) is 4.91. The van der Waals surface area contributed by atoms with Gasteiger partial charge in [0.15, 0.2) is 0 Å². The average Bonchev–Trinajstić information content (AvgIpc) is 2.89. The molecule has 10 atom stereocenters. The van der Waals surface area contributed by atoms with Crippen molar-refractivity contribution in [3.05, 3.63) is 72.9 Å². The fourth-order valence-electron chi connectivity index (χ4n) is 4.91. The summed E-state index contributed by atoms with van der Waals surface area (Å²) in [5.74, 6) is -0.922. The summed E-state index contributed by atoms with van der Waals surface area (Å²) >= 11 is 0. The monoisotopic (exact) mass is 606 g/mol. The number of carbonyl (C=O) groups excluding carboxylic acids is 1. The standard InChI is InChI=1S/C34H54O9/c1-23(2)34-25(4)15-16-26(35)17-27(36)18-28(37)19-29(38)20-30(39)21-31(40)22-32(41)24(3)13-11-9-7-5-6-8-10-12-14-33(42)43-34/h5-16,23-32,34-41H,17-22H2,1-4H3/b6-5+,9-7+,10-8+,13-11+,14-12+,16-15+/t24-,25-,26-,27-,28+,29?,30+,31+,32+,34?/m0/s1. The molecule has 0 aromatic rings. The topological polar surface area (TPSA) is 168 Å². The van der Waals surface area contributed by atoms with E-state index in [0.717, 1.165) is 0 Å². The van der Waals surface area contributed by atoms with Crippen molar-refractivity contribution >= 4 is 5.97 Å². The van der Waals surface area contributed by atoms with Gasteiger partial charge in [-0.2, -0.15) is 0 Å². The van der Waals surface area contributed by atoms with Gasteiger partial charge in [0.25, 0.3) is 0 Å². The summed E-state index contributed by atoms with van der Waals surface area (Å²) in [6, 6.07) is 0. The van der Waals surface area contributed by atoms with Crippen LogP contribution in [0.2, 0.25) is 0 Å². The third kappa shape index (κ3) is 18.1. The molecule has 1 heterocycles. The Morgan fingerprint density at radius 1 is 0.581 bits per heavy atom. The van der Waals surface area contributed by atoms with E-state index >= 15 is 0 Å². The SMILES string of the molecule is CC(C)C1OC(=O)/C=C/C=C/C=C/C=C/C=C/[C@H](C)[C@H](O)C[C@H](O)C[C@H](O)CC(O)C[C@H](O)C[C@@H](O)C[C@@H](O)/C=C/[C@@H]1C. The van der Waals surface area contributed by atoms with Gasteiger partial charge in [-0.15, -0.1) is 0 Å². The molecule has 0 aromatic heterocycles. The second kappa shape index (κ2) is 21.4. The van der Waals surface area contributed by atoms with Crippen molar-refractivity contribution in [2.45, 2.75) is 115 Å². The maximum absolute atomic E-state index is 12.4. The lowest BCUT2D eigenvalue weighted by molar-refractivity contribution is -0.147. The highest BCUT2D eigenvalue weighted by Crippen LogP contribution is 2.21. The minimum absolute atomic E-state index is 0.0164. The highest BCUT2D eigenvalue weighted by Gasteiger charge is 2.25. The Labute approximate surface area is 256 Å². The molecule has 0 fully saturated rings. The van der Waals surface area contributed by atoms with Crippen LogP contribution < -0.4 is 0 Å². The van der Waals surface area contributed by atoms with Crippen LogP contribution in [0.25, 0.3) is 0 Å². The second-order valence-corrected chi connectivity index (χ2v) is 12.0. The van der Waals surface area contributed by atoms with Gasteiger partial charge in [0.05, 0.1) is 42.7 Å². The van der Waals surface area contributed by atoms with Crippen LogP contribution in [0.5, 0.6) is 0 Å². The van der Waals surface area contributed by atoms with Gasteiger partial charge in [0, 0.05) is 24.3 Å². The minimum atomic E-state index is -1.07. The molecule has 9 nitrogen and oxygen atoms in total. The number of allylic oxidation sites excluding steroid dienone is 8. The van der Waals surface area contributed by atoms with Crippen molar-refractivity contribution in [3.63, 3.8) is 0 Å². The Bertz CT molecular complexity index is 952. The molecule has 0 aliphatic carbocycles. The van der Waals surface area contributed by atoms with Crippen molar-refractivity contribution in [3.8, 4) is 0 Å². The molecule has 0 aromatic carbocycles. The van der Waals surface area contributed by atoms with E-state index in [9.17, 15) is 40.5 Å². The zero-order chi connectivity index (χ0) is 32.4. The maximum atomic E-state index is 12.4. The predicted molar refractivity (Wildman–Crippen MR) is 168 cm³/mol. The van der Waals surface area contributed by atoms with Crippen LogP contribution >= 0.6 is 0 Å². The summed E-state index contributed by atoms with van der Waals surface area (Å²) in [6.07, 6.45) is 12.8. The molecule has 0 bridgehead atoms. The molecular formula is C34H54O9. The Hall–Kier alpha value is -2.37. The van der Waals surface area contributed by atoms with Crippen molar-refractivity contribution in [2.75, 3.05) is 0 Å². The molecule has 1 rings (SSSR count). The Balaban J connectivity index is 2.98. The molecule has 0 spiro atoms. The van der Waals surface area contributed by atoms with Crippen LogP contribution in [0.15, 0.2) is 72.9 Å². The molecule has 1 aliphatic heterocycles. The second-order valence-electron chi connectivity index (χ2n) is 12.0. The van der Waals surface area contributed by atoms with Gasteiger partial charge in [-0.05, 0) is 38.0 Å². The van der Waals surface area contributed by atoms with Crippen molar-refractivity contribution in [2.24, 2.45) is 17.8 Å². The third-order valence-corrected chi connectivity index (χ3v) is 7.30. The lowest BCUT2D eigenvalue weighted by Gasteiger charge is -2.25. The highest BCUT2D eigenvalue weighted by molar-refractivity contribution is 5.82. The van der Waals surface area contributed by atoms with Gasteiger partial charge < -0.3 is 40.5 Å². The van der Waals surface area contributed by atoms with Crippen LogP contribution in [0.1, 0.15) is 66.2 Å². The molecule has 0 saturated carbocycles. The lowest BCUT2D eigenvalue weighted by atomic mass is 9.93. The normalized spacial score (nSPS) is 40.0. The summed E-state index contributed by atoms with van der Waals surface area (Å²) in [5, 5.41) is 72.4. The molecule has 43 heavy (non-hydrogen) atoms. The first-order valence-corrected chi connectivity index (χ1v) is 15.3. The van der Waals surface area contributed by atoms with Crippen LogP contribution in [0, 0.1) is 17.8 Å². The minimum Gasteiger partial charge on any atom is -0.458 e. The quantitative estimate of drug-likeness (QED) is 0.175. The van der Waals surface area contributed by atoms with E-state index in [-0.39, 0.29) is 56.3 Å². The Kier molecular flexibility index (Phi) is 19.2. The summed E-state index contributed by atoms with van der Waals surface area (Å²) < 4.78 is 5.65. The molecule has 0 saturated heterocycles. The first kappa shape index (κ1) is 38.7. The maximum Gasteiger partial charge on any atom is 0.331 e. The van der Waals surface area contributed by atoms with E-state index in [1.54, 1.807) is 48.6 Å². The van der Waals surface area contributed by atoms with E-state index in [2.05, 4.69) is 0 Å². The van der Waals surface area contributed by atoms with E-state index in [0.29, 0.717) is 0 Å². The molecule has 2 unspecified atom stereocenters. The number of hydrogen-bond donors (Lipinski definition) is 7. The smallest absolute Gasteiger partial charge is 0.331 e. The largest absolute Gasteiger partial charge is 0.458 e. The number of carbonyl (C=O) groups is 1. The van der Waals surface area contributed by atoms with Gasteiger partial charge in [-0.25, -0.2) is 4.79 Å². The number of aliphatic hydroxyl groups excluding tert-OH is 7. The third-order valence-electron chi connectivity index (χ3n) is 7.30. The van der Waals surface area contributed by atoms with E-state index in [1.807, 2.05) is 39.8 Å². The van der Waals surface area contributed by atoms with E-state index < -0.39 is 54.8 Å². The number of aliphatic hydroxyl groups is 7. The molecule has 1 aliphatic rings. The van der Waals surface area contributed by atoms with Crippen molar-refractivity contribution < 1.29 is 45.3 Å². The van der Waals surface area contributed by atoms with Crippen molar-refractivity contribution in [1.29, 1.82) is 0 Å². The summed E-state index contributed by atoms with van der Waals surface area (Å²) in [5.41, 5.74) is 0. The first-order chi connectivity index (χ1) is 20.3. The molecule has 0 radical (unpaired) electrons. The van der Waals surface area contributed by atoms with Crippen LogP contribution in [0.4, 0.5) is 0 Å². The predicted octanol–water partition coefficient (Wildman–Crippen LogP) is 3.04. The average molecular weight is 607 g/mol. The molecular weight excluding hydrogens is 552 g/mol. The number of cyclic esters (lactones) is 1. The summed E-state index contributed by atoms with van der Waals surface area (Å²) in [7, 11) is 0. The fraction of sp³-hybridized carbons (Fsp3) is 0.618. The van der Waals surface area contributed by atoms with E-state index in [4.69, 9.17) is 4.74 Å². The van der Waals surface area contributed by atoms with Crippen LogP contribution in [-0.4, -0.2) is 90.5 Å². The molecule has 0 amide bonds. The first-order valence-electron chi connectivity index (χ1n) is 15.3. The number of rotatable bonds is 1. The number of ether oxygens (including phenoxy) is 1. The van der Waals surface area contributed by atoms with E-state index in [1.165, 1.54) is 12.2 Å². The Morgan fingerprint density at radius 2 is 1.02 bits per heavy atom. The summed E-state index contributed by atoms with van der Waals surface area (Å²) in [4.78, 5) is 12.4. The van der Waals surface area contributed by atoms with Gasteiger partial charge in [-0.1, -0.05) is 94.5 Å². The zero-order valence-corrected chi connectivity index (χ0v) is 26.0. The Morgan fingerprint density at radius 3 is 1.53 bits per heavy atom. The van der Waals surface area contributed by atoms with Crippen LogP contribution in [-0.2, 0) is 9.53 Å². The van der Waals surface area contributed by atoms with Gasteiger partial charge in [-0.3, -0.25) is 0 Å². The molecule has 244 valence electrons. The zero-order valence-electron chi connectivity index (χ0n) is 26.0. The van der Waals surface area contributed by atoms with Gasteiger partial charge in [0.2, 0.25) is 0 Å². The van der Waals surface area contributed by atoms with Gasteiger partial charge in [0.1, 0.15) is 6.10 Å². The van der Waals surface area contributed by atoms with Crippen LogP contribution in [0.3, 0.4) is 0 Å². The molecule has 7 N–H and O–H groups in total. The highest BCUT2D eigenvalue weighted by atomic mass is 16.5. The number of esters is 1. The number of hydrogen-bond acceptors (Lipinski definition) is 9. The lowest BCUT2D eigenvalue weighted by Crippen LogP contribution is -2.30. The van der Waals surface area contributed by atoms with Gasteiger partial charge >= 0.3 is 5.97 Å². The molecule has 9 heteroatoms. The summed E-state index contributed by atoms with van der Waals surface area (Å²) in [6.45, 7) is 7.56.